The zero-order valence-electron chi connectivity index (χ0n) is 14.3. The highest BCUT2D eigenvalue weighted by molar-refractivity contribution is 6.30. The van der Waals surface area contributed by atoms with Gasteiger partial charge in [-0.2, -0.15) is 0 Å². The molecule has 0 radical (unpaired) electrons. The summed E-state index contributed by atoms with van der Waals surface area (Å²) in [5.41, 5.74) is 12.1. The molecule has 0 bridgehead atoms. The van der Waals surface area contributed by atoms with Crippen LogP contribution in [-0.2, 0) is 0 Å². The van der Waals surface area contributed by atoms with Crippen molar-refractivity contribution < 1.29 is 0 Å². The Morgan fingerprint density at radius 1 is 1.20 bits per heavy atom. The Bertz CT molecular complexity index is 950. The van der Waals surface area contributed by atoms with Gasteiger partial charge in [-0.1, -0.05) is 30.3 Å². The molecule has 0 fully saturated rings. The van der Waals surface area contributed by atoms with E-state index in [1.165, 1.54) is 0 Å². The first-order valence-electron chi connectivity index (χ1n) is 8.04. The fourth-order valence-electron chi connectivity index (χ4n) is 2.98. The lowest BCUT2D eigenvalue weighted by Crippen LogP contribution is -2.01. The van der Waals surface area contributed by atoms with Crippen LogP contribution in [0.2, 0.25) is 5.02 Å². The Hall–Kier alpha value is -2.78. The van der Waals surface area contributed by atoms with Gasteiger partial charge >= 0.3 is 0 Å². The van der Waals surface area contributed by atoms with Gasteiger partial charge in [0.2, 0.25) is 0 Å². The first-order valence-corrected chi connectivity index (χ1v) is 8.42. The zero-order chi connectivity index (χ0) is 18.0. The number of nitrogens with two attached hydrogens (primary N) is 1. The topological polar surface area (TPSA) is 43.8 Å². The van der Waals surface area contributed by atoms with Gasteiger partial charge in [0.1, 0.15) is 5.82 Å². The maximum absolute atomic E-state index is 6.06. The number of hydrogen-bond acceptors (Lipinski definition) is 2. The molecule has 4 heteroatoms. The van der Waals surface area contributed by atoms with Crippen molar-refractivity contribution in [1.82, 2.24) is 9.55 Å². The molecule has 0 atom stereocenters. The Balaban J connectivity index is 2.33. The zero-order valence-corrected chi connectivity index (χ0v) is 15.1. The Morgan fingerprint density at radius 2 is 1.92 bits per heavy atom. The molecule has 1 aromatic carbocycles. The van der Waals surface area contributed by atoms with E-state index in [0.717, 1.165) is 33.8 Å². The largest absolute Gasteiger partial charge is 0.384 e. The molecule has 0 saturated carbocycles. The molecule has 2 aromatic heterocycles. The molecule has 2 heterocycles. The highest BCUT2D eigenvalue weighted by atomic mass is 35.5. The van der Waals surface area contributed by atoms with Crippen LogP contribution in [0.5, 0.6) is 0 Å². The van der Waals surface area contributed by atoms with Crippen molar-refractivity contribution in [2.45, 2.75) is 13.8 Å². The van der Waals surface area contributed by atoms with E-state index in [1.807, 2.05) is 62.5 Å². The summed E-state index contributed by atoms with van der Waals surface area (Å²) >= 11 is 6.06. The van der Waals surface area contributed by atoms with E-state index in [0.29, 0.717) is 10.8 Å². The van der Waals surface area contributed by atoms with Gasteiger partial charge in [-0.25, -0.2) is 4.98 Å². The second kappa shape index (κ2) is 6.99. The lowest BCUT2D eigenvalue weighted by atomic mass is 10.1. The average Bonchev–Trinajstić information content (AvgIpc) is 2.94. The molecule has 0 aliphatic carbocycles. The Labute approximate surface area is 153 Å². The number of rotatable bonds is 4. The van der Waals surface area contributed by atoms with E-state index < -0.39 is 0 Å². The van der Waals surface area contributed by atoms with Crippen molar-refractivity contribution in [1.29, 1.82) is 0 Å². The fraction of sp³-hybridized carbons (Fsp3) is 0.0952. The number of allylic oxidation sites excluding steroid dienone is 1. The van der Waals surface area contributed by atoms with Gasteiger partial charge in [-0.3, -0.25) is 0 Å². The highest BCUT2D eigenvalue weighted by Gasteiger charge is 2.16. The summed E-state index contributed by atoms with van der Waals surface area (Å²) in [6.45, 7) is 8.04. The molecule has 3 nitrogen and oxygen atoms in total. The third kappa shape index (κ3) is 3.24. The SMILES string of the molecule is C=Cc1c(/C=C\C)cc(-c2cnc(N)cc2C)n1-c1ccc(Cl)cc1. The first kappa shape index (κ1) is 17.1. The molecule has 126 valence electrons. The van der Waals surface area contributed by atoms with Crippen LogP contribution < -0.4 is 5.73 Å². The number of nitrogen functional groups attached to an aromatic ring is 1. The minimum atomic E-state index is 0.517. The number of benzene rings is 1. The van der Waals surface area contributed by atoms with Crippen LogP contribution in [0.15, 0.2) is 55.3 Å². The molecule has 0 aliphatic heterocycles. The van der Waals surface area contributed by atoms with Crippen LogP contribution in [-0.4, -0.2) is 9.55 Å². The van der Waals surface area contributed by atoms with Crippen LogP contribution in [0.1, 0.15) is 23.7 Å². The molecule has 2 N–H and O–H groups in total. The third-order valence-corrected chi connectivity index (χ3v) is 4.35. The summed E-state index contributed by atoms with van der Waals surface area (Å²) in [5.74, 6) is 0.517. The van der Waals surface area contributed by atoms with Gasteiger partial charge < -0.3 is 10.3 Å². The van der Waals surface area contributed by atoms with Crippen LogP contribution in [0.25, 0.3) is 29.1 Å². The number of pyridine rings is 1. The fourth-order valence-corrected chi connectivity index (χ4v) is 3.11. The van der Waals surface area contributed by atoms with E-state index in [1.54, 1.807) is 0 Å². The number of aryl methyl sites for hydroxylation is 1. The molecule has 0 amide bonds. The van der Waals surface area contributed by atoms with E-state index >= 15 is 0 Å². The van der Waals surface area contributed by atoms with Gasteiger partial charge in [0.15, 0.2) is 0 Å². The second-order valence-electron chi connectivity index (χ2n) is 5.81. The highest BCUT2D eigenvalue weighted by Crippen LogP contribution is 2.33. The van der Waals surface area contributed by atoms with Crippen LogP contribution >= 0.6 is 11.6 Å². The molecule has 0 spiro atoms. The van der Waals surface area contributed by atoms with Gasteiger partial charge in [-0.15, -0.1) is 0 Å². The Morgan fingerprint density at radius 3 is 2.52 bits per heavy atom. The van der Waals surface area contributed by atoms with Gasteiger partial charge in [0, 0.05) is 28.0 Å². The summed E-state index contributed by atoms with van der Waals surface area (Å²) in [6, 6.07) is 11.8. The van der Waals surface area contributed by atoms with Crippen LogP contribution in [0, 0.1) is 6.92 Å². The minimum Gasteiger partial charge on any atom is -0.384 e. The monoisotopic (exact) mass is 349 g/mol. The lowest BCUT2D eigenvalue weighted by Gasteiger charge is -2.14. The lowest BCUT2D eigenvalue weighted by molar-refractivity contribution is 1.06. The van der Waals surface area contributed by atoms with E-state index in [2.05, 4.69) is 28.3 Å². The molecule has 25 heavy (non-hydrogen) atoms. The molecule has 0 saturated heterocycles. The summed E-state index contributed by atoms with van der Waals surface area (Å²) in [5, 5.41) is 0.705. The normalized spacial score (nSPS) is 11.2. The summed E-state index contributed by atoms with van der Waals surface area (Å²) in [6.07, 6.45) is 7.78. The molecular weight excluding hydrogens is 330 g/mol. The van der Waals surface area contributed by atoms with Gasteiger partial charge in [0.05, 0.1) is 11.4 Å². The molecule has 0 aliphatic rings. The van der Waals surface area contributed by atoms with E-state index in [9.17, 15) is 0 Å². The third-order valence-electron chi connectivity index (χ3n) is 4.10. The summed E-state index contributed by atoms with van der Waals surface area (Å²) in [7, 11) is 0. The number of aromatic nitrogens is 2. The number of halogens is 1. The maximum atomic E-state index is 6.06. The molecule has 3 aromatic rings. The molecular formula is C21H20ClN3. The Kier molecular flexibility index (Phi) is 4.77. The van der Waals surface area contributed by atoms with E-state index in [-0.39, 0.29) is 0 Å². The van der Waals surface area contributed by atoms with Crippen molar-refractivity contribution in [3.63, 3.8) is 0 Å². The van der Waals surface area contributed by atoms with Crippen LogP contribution in [0.3, 0.4) is 0 Å². The predicted molar refractivity (Wildman–Crippen MR) is 108 cm³/mol. The second-order valence-corrected chi connectivity index (χ2v) is 6.25. The van der Waals surface area contributed by atoms with Gasteiger partial charge in [0.25, 0.3) is 0 Å². The van der Waals surface area contributed by atoms with E-state index in [4.69, 9.17) is 17.3 Å². The minimum absolute atomic E-state index is 0.517. The number of hydrogen-bond donors (Lipinski definition) is 1. The van der Waals surface area contributed by atoms with Crippen LogP contribution in [0.4, 0.5) is 5.82 Å². The molecule has 0 unspecified atom stereocenters. The molecule has 3 rings (SSSR count). The standard InChI is InChI=1S/C21H20ClN3/c1-4-6-15-12-20(18-13-24-21(23)11-14(18)3)25(19(15)5-2)17-9-7-16(22)8-10-17/h4-13H,2H2,1,3H3,(H2,23,24)/b6-4-. The van der Waals surface area contributed by atoms with Crippen molar-refractivity contribution in [2.24, 2.45) is 0 Å². The summed E-state index contributed by atoms with van der Waals surface area (Å²) in [4.78, 5) is 4.28. The first-order chi connectivity index (χ1) is 12.0. The quantitative estimate of drug-likeness (QED) is 0.650. The predicted octanol–water partition coefficient (Wildman–Crippen LogP) is 5.76. The maximum Gasteiger partial charge on any atom is 0.123 e. The average molecular weight is 350 g/mol. The summed E-state index contributed by atoms with van der Waals surface area (Å²) < 4.78 is 2.17. The number of anilines is 1. The van der Waals surface area contributed by atoms with Crippen molar-refractivity contribution >= 4 is 29.6 Å². The van der Waals surface area contributed by atoms with Crippen molar-refractivity contribution in [3.8, 4) is 16.9 Å². The van der Waals surface area contributed by atoms with Crippen molar-refractivity contribution in [3.05, 3.63) is 77.1 Å². The van der Waals surface area contributed by atoms with Crippen molar-refractivity contribution in [2.75, 3.05) is 5.73 Å². The number of nitrogens with zero attached hydrogens (tertiary/aromatic N) is 2. The van der Waals surface area contributed by atoms with Gasteiger partial charge in [-0.05, 0) is 61.9 Å². The smallest absolute Gasteiger partial charge is 0.123 e.